The molecule has 34 heavy (non-hydrogen) atoms. The van der Waals surface area contributed by atoms with Crippen molar-refractivity contribution in [3.63, 3.8) is 0 Å². The largest absolute Gasteiger partial charge is 0.493 e. The summed E-state index contributed by atoms with van der Waals surface area (Å²) in [6, 6.07) is 2.95. The van der Waals surface area contributed by atoms with Crippen molar-refractivity contribution in [1.29, 1.82) is 0 Å². The molecule has 3 rings (SSSR count). The van der Waals surface area contributed by atoms with Gasteiger partial charge in [0, 0.05) is 49.9 Å². The average molecular weight is 479 g/mol. The van der Waals surface area contributed by atoms with Crippen LogP contribution in [0.4, 0.5) is 21.0 Å². The van der Waals surface area contributed by atoms with Gasteiger partial charge >= 0.3 is 12.2 Å². The van der Waals surface area contributed by atoms with Crippen LogP contribution >= 0.6 is 0 Å². The summed E-state index contributed by atoms with van der Waals surface area (Å²) in [6.45, 7) is 13.0. The first-order chi connectivity index (χ1) is 15.7. The van der Waals surface area contributed by atoms with E-state index in [0.717, 1.165) is 0 Å². The van der Waals surface area contributed by atoms with Gasteiger partial charge in [-0.05, 0) is 48.0 Å². The second-order valence-electron chi connectivity index (χ2n) is 10.5. The standard InChI is InChI=1S/C23H34N4O7/c1-22(2,3)33-20(28)24-17-12-19-15(11-18(17)27(30)31)13-25-8-9-26(14-16(25)7-10-32-19)21(29)34-23(4,5)6/h11-12,16H,7-10,13-14H2,1-6H3,(H,24,28)/t16-/m0/s1. The van der Waals surface area contributed by atoms with Crippen LogP contribution in [0.3, 0.4) is 0 Å². The maximum absolute atomic E-state index is 12.5. The van der Waals surface area contributed by atoms with Gasteiger partial charge in [-0.2, -0.15) is 0 Å². The number of piperazine rings is 1. The molecule has 0 spiro atoms. The summed E-state index contributed by atoms with van der Waals surface area (Å²) in [7, 11) is 0. The molecule has 1 aromatic rings. The van der Waals surface area contributed by atoms with Crippen molar-refractivity contribution in [3.05, 3.63) is 27.8 Å². The minimum Gasteiger partial charge on any atom is -0.493 e. The molecule has 1 fully saturated rings. The molecule has 0 unspecified atom stereocenters. The molecular formula is C23H34N4O7. The van der Waals surface area contributed by atoms with Gasteiger partial charge in [-0.3, -0.25) is 20.3 Å². The molecule has 2 heterocycles. The van der Waals surface area contributed by atoms with E-state index in [1.165, 1.54) is 12.1 Å². The Hall–Kier alpha value is -3.08. The van der Waals surface area contributed by atoms with Crippen LogP contribution in [-0.4, -0.2) is 70.4 Å². The molecule has 11 heteroatoms. The van der Waals surface area contributed by atoms with Gasteiger partial charge in [-0.15, -0.1) is 0 Å². The van der Waals surface area contributed by atoms with Gasteiger partial charge in [0.25, 0.3) is 5.69 Å². The van der Waals surface area contributed by atoms with Gasteiger partial charge in [0.05, 0.1) is 11.5 Å². The first kappa shape index (κ1) is 25.5. The van der Waals surface area contributed by atoms with E-state index in [1.54, 1.807) is 25.7 Å². The zero-order valence-electron chi connectivity index (χ0n) is 20.7. The second kappa shape index (κ2) is 9.65. The van der Waals surface area contributed by atoms with E-state index in [-0.39, 0.29) is 23.5 Å². The first-order valence-electron chi connectivity index (χ1n) is 11.4. The van der Waals surface area contributed by atoms with Crippen LogP contribution in [0.15, 0.2) is 12.1 Å². The molecular weight excluding hydrogens is 444 g/mol. The monoisotopic (exact) mass is 478 g/mol. The SMILES string of the molecule is CC(C)(C)OC(=O)Nc1cc2c(cc1[N+](=O)[O-])CN1CCN(C(=O)OC(C)(C)C)C[C@@H]1CCO2. The van der Waals surface area contributed by atoms with Gasteiger partial charge < -0.3 is 19.1 Å². The predicted molar refractivity (Wildman–Crippen MR) is 125 cm³/mol. The Morgan fingerprint density at radius 3 is 2.41 bits per heavy atom. The number of carbonyl (C=O) groups excluding carboxylic acids is 2. The number of amides is 2. The predicted octanol–water partition coefficient (Wildman–Crippen LogP) is 4.15. The van der Waals surface area contributed by atoms with Crippen molar-refractivity contribution in [2.45, 2.75) is 71.8 Å². The molecule has 0 aliphatic carbocycles. The molecule has 0 bridgehead atoms. The summed E-state index contributed by atoms with van der Waals surface area (Å²) in [6.07, 6.45) is -0.450. The Balaban J connectivity index is 1.78. The van der Waals surface area contributed by atoms with Crippen LogP contribution in [0.5, 0.6) is 5.75 Å². The Labute approximate surface area is 199 Å². The van der Waals surface area contributed by atoms with Crippen LogP contribution < -0.4 is 10.1 Å². The Morgan fingerprint density at radius 1 is 1.12 bits per heavy atom. The molecule has 0 saturated carbocycles. The van der Waals surface area contributed by atoms with Crippen LogP contribution in [0.1, 0.15) is 53.5 Å². The molecule has 0 aromatic heterocycles. The van der Waals surface area contributed by atoms with Crippen molar-refractivity contribution in [1.82, 2.24) is 9.80 Å². The molecule has 188 valence electrons. The molecule has 2 aliphatic rings. The third kappa shape index (κ3) is 6.72. The van der Waals surface area contributed by atoms with Crippen LogP contribution in [-0.2, 0) is 16.0 Å². The van der Waals surface area contributed by atoms with Gasteiger partial charge in [-0.1, -0.05) is 0 Å². The highest BCUT2D eigenvalue weighted by molar-refractivity contribution is 5.88. The molecule has 1 saturated heterocycles. The van der Waals surface area contributed by atoms with E-state index >= 15 is 0 Å². The molecule has 1 aromatic carbocycles. The zero-order chi connectivity index (χ0) is 25.3. The molecule has 11 nitrogen and oxygen atoms in total. The number of hydrogen-bond acceptors (Lipinski definition) is 8. The number of nitro benzene ring substituents is 1. The van der Waals surface area contributed by atoms with Gasteiger partial charge in [0.1, 0.15) is 22.6 Å². The number of nitro groups is 1. The molecule has 2 amide bonds. The lowest BCUT2D eigenvalue weighted by molar-refractivity contribution is -0.384. The first-order valence-corrected chi connectivity index (χ1v) is 11.4. The van der Waals surface area contributed by atoms with Gasteiger partial charge in [-0.25, -0.2) is 9.59 Å². The van der Waals surface area contributed by atoms with E-state index in [1.807, 2.05) is 20.8 Å². The normalized spacial score (nSPS) is 19.0. The summed E-state index contributed by atoms with van der Waals surface area (Å²) in [5, 5.41) is 14.2. The van der Waals surface area contributed by atoms with Gasteiger partial charge in [0.15, 0.2) is 0 Å². The summed E-state index contributed by atoms with van der Waals surface area (Å²) >= 11 is 0. The highest BCUT2D eigenvalue weighted by Crippen LogP contribution is 2.36. The molecule has 0 radical (unpaired) electrons. The minimum atomic E-state index is -0.778. The summed E-state index contributed by atoms with van der Waals surface area (Å²) in [5.74, 6) is 0.477. The third-order valence-electron chi connectivity index (χ3n) is 5.35. The number of rotatable bonds is 2. The van der Waals surface area contributed by atoms with E-state index in [2.05, 4.69) is 10.2 Å². The number of carbonyl (C=O) groups is 2. The van der Waals surface area contributed by atoms with Crippen molar-refractivity contribution in [2.75, 3.05) is 31.6 Å². The number of ether oxygens (including phenoxy) is 3. The Bertz CT molecular complexity index is 952. The summed E-state index contributed by atoms with van der Waals surface area (Å²) in [4.78, 5) is 39.8. The third-order valence-corrected chi connectivity index (χ3v) is 5.35. The fraction of sp³-hybridized carbons (Fsp3) is 0.652. The Kier molecular flexibility index (Phi) is 7.25. The highest BCUT2D eigenvalue weighted by Gasteiger charge is 2.34. The van der Waals surface area contributed by atoms with E-state index in [4.69, 9.17) is 14.2 Å². The molecule has 1 N–H and O–H groups in total. The summed E-state index contributed by atoms with van der Waals surface area (Å²) in [5.41, 5.74) is -0.879. The van der Waals surface area contributed by atoms with Crippen molar-refractivity contribution < 1.29 is 28.7 Å². The quantitative estimate of drug-likeness (QED) is 0.497. The topological polar surface area (TPSA) is 123 Å². The maximum Gasteiger partial charge on any atom is 0.412 e. The maximum atomic E-state index is 12.5. The zero-order valence-corrected chi connectivity index (χ0v) is 20.7. The lowest BCUT2D eigenvalue weighted by Crippen LogP contribution is -2.55. The summed E-state index contributed by atoms with van der Waals surface area (Å²) < 4.78 is 16.7. The fourth-order valence-corrected chi connectivity index (χ4v) is 3.93. The smallest absolute Gasteiger partial charge is 0.412 e. The average Bonchev–Trinajstić information content (AvgIpc) is 2.65. The molecule has 1 atom stereocenters. The number of nitrogens with one attached hydrogen (secondary N) is 1. The Morgan fingerprint density at radius 2 is 1.79 bits per heavy atom. The lowest BCUT2D eigenvalue weighted by Gasteiger charge is -2.42. The fourth-order valence-electron chi connectivity index (χ4n) is 3.93. The van der Waals surface area contributed by atoms with Crippen LogP contribution in [0.25, 0.3) is 0 Å². The van der Waals surface area contributed by atoms with E-state index in [0.29, 0.717) is 50.5 Å². The highest BCUT2D eigenvalue weighted by atomic mass is 16.6. The van der Waals surface area contributed by atoms with E-state index in [9.17, 15) is 19.7 Å². The van der Waals surface area contributed by atoms with E-state index < -0.39 is 22.2 Å². The second-order valence-corrected chi connectivity index (χ2v) is 10.5. The minimum absolute atomic E-state index is 0.0184. The van der Waals surface area contributed by atoms with Crippen LogP contribution in [0, 0.1) is 10.1 Å². The number of fused-ring (bicyclic) bond motifs is 2. The number of benzene rings is 1. The van der Waals surface area contributed by atoms with Crippen molar-refractivity contribution >= 4 is 23.6 Å². The van der Waals surface area contributed by atoms with Gasteiger partial charge in [0.2, 0.25) is 0 Å². The van der Waals surface area contributed by atoms with Crippen molar-refractivity contribution in [3.8, 4) is 5.75 Å². The van der Waals surface area contributed by atoms with Crippen molar-refractivity contribution in [2.24, 2.45) is 0 Å². The number of anilines is 1. The number of hydrogen-bond donors (Lipinski definition) is 1. The van der Waals surface area contributed by atoms with Crippen LogP contribution in [0.2, 0.25) is 0 Å². The molecule has 2 aliphatic heterocycles. The number of nitrogens with zero attached hydrogens (tertiary/aromatic N) is 3. The lowest BCUT2D eigenvalue weighted by atomic mass is 10.0.